The van der Waals surface area contributed by atoms with Crippen molar-refractivity contribution < 1.29 is 24.0 Å². The summed E-state index contributed by atoms with van der Waals surface area (Å²) in [5.41, 5.74) is 2.44. The highest BCUT2D eigenvalue weighted by Gasteiger charge is 2.52. The number of β-lactam (4-membered cyclic amide) rings is 1. The first kappa shape index (κ1) is 24.3. The Bertz CT molecular complexity index is 1280. The lowest BCUT2D eigenvalue weighted by Gasteiger charge is -2.51. The van der Waals surface area contributed by atoms with Crippen molar-refractivity contribution >= 4 is 41.1 Å². The topological polar surface area (TPSA) is 129 Å². The van der Waals surface area contributed by atoms with E-state index in [0.717, 1.165) is 11.3 Å². The van der Waals surface area contributed by atoms with Crippen LogP contribution in [0.4, 0.5) is 5.69 Å². The van der Waals surface area contributed by atoms with Crippen LogP contribution in [0.3, 0.4) is 0 Å². The van der Waals surface area contributed by atoms with Gasteiger partial charge in [0, 0.05) is 36.4 Å². The number of ether oxygens (including phenoxy) is 1. The third-order valence-electron chi connectivity index (χ3n) is 5.76. The van der Waals surface area contributed by atoms with Gasteiger partial charge in [0.15, 0.2) is 12.4 Å². The summed E-state index contributed by atoms with van der Waals surface area (Å²) < 4.78 is 9.14. The first-order valence-corrected chi connectivity index (χ1v) is 13.1. The zero-order chi connectivity index (χ0) is 25.1. The van der Waals surface area contributed by atoms with Crippen molar-refractivity contribution in [3.63, 3.8) is 0 Å². The molecular weight excluding hydrogens is 502 g/mol. The molecule has 1 amide bonds. The molecule has 2 aliphatic rings. The van der Waals surface area contributed by atoms with Crippen molar-refractivity contribution in [2.45, 2.75) is 29.9 Å². The van der Waals surface area contributed by atoms with E-state index in [9.17, 15) is 14.7 Å². The fraction of sp³-hybridized carbons (Fsp3) is 0.304. The van der Waals surface area contributed by atoms with E-state index in [0.29, 0.717) is 35.6 Å². The standard InChI is InChI=1S/C23H23N7O4S2/c1-28-23(25-26-27-28)36-13-16-12-35-21-18(20(31)30(21)19(16)22(32)33)24-17-7-9-29(10-8-17)14-34-11-15-5-3-2-4-6-15/h2-10,18,21H,11-14H2,1H3,(H,32,33)/t18-,21-/m1/s1. The predicted molar refractivity (Wildman–Crippen MR) is 130 cm³/mol. The summed E-state index contributed by atoms with van der Waals surface area (Å²) in [6, 6.07) is 13.1. The van der Waals surface area contributed by atoms with Crippen molar-refractivity contribution in [3.8, 4) is 0 Å². The molecule has 0 aliphatic carbocycles. The molecule has 1 aromatic carbocycles. The van der Waals surface area contributed by atoms with Crippen molar-refractivity contribution in [1.82, 2.24) is 25.1 Å². The number of benzene rings is 1. The lowest BCUT2D eigenvalue weighted by molar-refractivity contribution is -0.733. The van der Waals surface area contributed by atoms with Gasteiger partial charge in [-0.2, -0.15) is 4.57 Å². The Morgan fingerprint density at radius 1 is 1.28 bits per heavy atom. The van der Waals surface area contributed by atoms with Crippen LogP contribution in [0, 0.1) is 0 Å². The largest absolute Gasteiger partial charge is 0.543 e. The summed E-state index contributed by atoms with van der Waals surface area (Å²) in [7, 11) is 1.71. The summed E-state index contributed by atoms with van der Waals surface area (Å²) >= 11 is 2.84. The Kier molecular flexibility index (Phi) is 7.20. The fourth-order valence-corrected chi connectivity index (χ4v) is 6.28. The molecular formula is C23H23N7O4S2. The Morgan fingerprint density at radius 3 is 2.75 bits per heavy atom. The first-order valence-electron chi connectivity index (χ1n) is 11.1. The molecule has 0 saturated carbocycles. The Labute approximate surface area is 215 Å². The molecule has 0 spiro atoms. The Hall–Kier alpha value is -3.42. The number of amides is 1. The van der Waals surface area contributed by atoms with Crippen LogP contribution in [-0.4, -0.2) is 59.9 Å². The smallest absolute Gasteiger partial charge is 0.253 e. The van der Waals surface area contributed by atoms with E-state index >= 15 is 0 Å². The number of carbonyl (C=O) groups is 2. The van der Waals surface area contributed by atoms with Crippen LogP contribution in [0.5, 0.6) is 0 Å². The number of carboxylic acids is 1. The summed E-state index contributed by atoms with van der Waals surface area (Å²) in [6.45, 7) is 0.915. The number of rotatable bonds is 10. The molecule has 186 valence electrons. The van der Waals surface area contributed by atoms with Gasteiger partial charge in [0.2, 0.25) is 5.16 Å². The van der Waals surface area contributed by atoms with Crippen molar-refractivity contribution in [2.75, 3.05) is 16.8 Å². The molecule has 0 unspecified atom stereocenters. The number of aliphatic carboxylic acids is 1. The molecule has 1 fully saturated rings. The Morgan fingerprint density at radius 2 is 2.06 bits per heavy atom. The number of carbonyl (C=O) groups excluding carboxylic acids is 2. The number of aryl methyl sites for hydroxylation is 1. The van der Waals surface area contributed by atoms with Gasteiger partial charge in [-0.15, -0.1) is 16.9 Å². The molecule has 36 heavy (non-hydrogen) atoms. The van der Waals surface area contributed by atoms with Gasteiger partial charge in [0.1, 0.15) is 11.4 Å². The number of carboxylic acid groups (broad SMARTS) is 1. The van der Waals surface area contributed by atoms with Gasteiger partial charge in [0.05, 0.1) is 18.3 Å². The van der Waals surface area contributed by atoms with Crippen molar-refractivity contribution in [1.29, 1.82) is 0 Å². The van der Waals surface area contributed by atoms with Gasteiger partial charge in [-0.3, -0.25) is 9.69 Å². The lowest BCUT2D eigenvalue weighted by atomic mass is 10.0. The van der Waals surface area contributed by atoms with E-state index in [1.807, 2.05) is 59.4 Å². The number of nitrogens with zero attached hydrogens (tertiary/aromatic N) is 6. The maximum atomic E-state index is 12.9. The van der Waals surface area contributed by atoms with Crippen LogP contribution in [-0.2, 0) is 34.7 Å². The SMILES string of the molecule is Cn1nnnc1SCC1=C(C(=O)[O-])N2C(=O)[C@@H](Nc3cc[n+](COCc4ccccc4)cc3)[C@H]2SC1. The molecule has 0 bridgehead atoms. The van der Waals surface area contributed by atoms with Crippen LogP contribution in [0.1, 0.15) is 5.56 Å². The number of aromatic nitrogens is 5. The monoisotopic (exact) mass is 525 g/mol. The highest BCUT2D eigenvalue weighted by atomic mass is 32.2. The van der Waals surface area contributed by atoms with Gasteiger partial charge in [0.25, 0.3) is 12.6 Å². The summed E-state index contributed by atoms with van der Waals surface area (Å²) in [5, 5.41) is 26.7. The second-order valence-corrected chi connectivity index (χ2v) is 10.3. The number of thioether (sulfide) groups is 2. The van der Waals surface area contributed by atoms with Crippen LogP contribution >= 0.6 is 23.5 Å². The minimum atomic E-state index is -1.35. The number of pyridine rings is 1. The molecule has 1 saturated heterocycles. The van der Waals surface area contributed by atoms with Gasteiger partial charge >= 0.3 is 0 Å². The van der Waals surface area contributed by atoms with Gasteiger partial charge in [-0.1, -0.05) is 42.1 Å². The summed E-state index contributed by atoms with van der Waals surface area (Å²) in [6.07, 6.45) is 3.73. The van der Waals surface area contributed by atoms with E-state index in [-0.39, 0.29) is 17.0 Å². The summed E-state index contributed by atoms with van der Waals surface area (Å²) in [5.74, 6) is -0.821. The number of hydrogen-bond acceptors (Lipinski definition) is 10. The quantitative estimate of drug-likeness (QED) is 0.222. The molecule has 2 aliphatic heterocycles. The number of nitrogens with one attached hydrogen (secondary N) is 1. The number of tetrazole rings is 1. The zero-order valence-corrected chi connectivity index (χ0v) is 20.9. The molecule has 13 heteroatoms. The van der Waals surface area contributed by atoms with Gasteiger partial charge in [-0.05, 0) is 21.6 Å². The minimum absolute atomic E-state index is 0.0501. The third kappa shape index (κ3) is 5.08. The third-order valence-corrected chi connectivity index (χ3v) is 8.20. The summed E-state index contributed by atoms with van der Waals surface area (Å²) in [4.78, 5) is 26.2. The second kappa shape index (κ2) is 10.7. The van der Waals surface area contributed by atoms with Crippen LogP contribution in [0.25, 0.3) is 0 Å². The van der Waals surface area contributed by atoms with E-state index in [1.165, 1.54) is 33.1 Å². The predicted octanol–water partition coefficient (Wildman–Crippen LogP) is 0.164. The fourth-order valence-electron chi connectivity index (χ4n) is 3.94. The Balaban J connectivity index is 1.18. The molecule has 11 nitrogen and oxygen atoms in total. The van der Waals surface area contributed by atoms with Crippen LogP contribution in [0.15, 0.2) is 71.3 Å². The van der Waals surface area contributed by atoms with E-state index < -0.39 is 12.0 Å². The highest BCUT2D eigenvalue weighted by Crippen LogP contribution is 2.42. The molecule has 2 aromatic heterocycles. The zero-order valence-electron chi connectivity index (χ0n) is 19.3. The number of anilines is 1. The normalized spacial score (nSPS) is 19.1. The van der Waals surface area contributed by atoms with Gasteiger partial charge in [-0.25, -0.2) is 4.68 Å². The molecule has 2 atom stereocenters. The molecule has 1 N–H and O–H groups in total. The maximum Gasteiger partial charge on any atom is 0.253 e. The van der Waals surface area contributed by atoms with E-state index in [1.54, 1.807) is 7.05 Å². The van der Waals surface area contributed by atoms with Crippen molar-refractivity contribution in [2.24, 2.45) is 7.05 Å². The van der Waals surface area contributed by atoms with E-state index in [4.69, 9.17) is 4.74 Å². The van der Waals surface area contributed by atoms with Crippen molar-refractivity contribution in [3.05, 3.63) is 71.7 Å². The average molecular weight is 526 g/mol. The number of fused-ring (bicyclic) bond motifs is 1. The maximum absolute atomic E-state index is 12.9. The second-order valence-electron chi connectivity index (χ2n) is 8.21. The highest BCUT2D eigenvalue weighted by molar-refractivity contribution is 8.01. The molecule has 5 rings (SSSR count). The average Bonchev–Trinajstić information content (AvgIpc) is 3.31. The first-order chi connectivity index (χ1) is 17.5. The van der Waals surface area contributed by atoms with Gasteiger partial charge < -0.3 is 20.0 Å². The molecule has 3 aromatic rings. The minimum Gasteiger partial charge on any atom is -0.543 e. The van der Waals surface area contributed by atoms with Crippen LogP contribution < -0.4 is 15.0 Å². The van der Waals surface area contributed by atoms with E-state index in [2.05, 4.69) is 20.8 Å². The van der Waals surface area contributed by atoms with Crippen LogP contribution in [0.2, 0.25) is 0 Å². The number of hydrogen-bond donors (Lipinski definition) is 1. The molecule has 4 heterocycles. The lowest BCUT2D eigenvalue weighted by Crippen LogP contribution is -2.68. The molecule has 0 radical (unpaired) electrons.